The van der Waals surface area contributed by atoms with Gasteiger partial charge in [0.25, 0.3) is 0 Å². The quantitative estimate of drug-likeness (QED) is 0.436. The third kappa shape index (κ3) is 4.36. The van der Waals surface area contributed by atoms with Gasteiger partial charge in [0.15, 0.2) is 0 Å². The predicted octanol–water partition coefficient (Wildman–Crippen LogP) is 6.70. The van der Waals surface area contributed by atoms with E-state index in [1.807, 2.05) is 0 Å². The van der Waals surface area contributed by atoms with Crippen LogP contribution in [0.1, 0.15) is 92.9 Å². The molecule has 4 unspecified atom stereocenters. The molecule has 0 aromatic carbocycles. The molecular formula is C26H40O2. The van der Waals surface area contributed by atoms with Crippen molar-refractivity contribution >= 4 is 11.6 Å². The molecule has 4 aliphatic carbocycles. The Hall–Kier alpha value is -1.18. The number of hydrogen-bond donors (Lipinski definition) is 0. The van der Waals surface area contributed by atoms with Crippen molar-refractivity contribution in [1.82, 2.24) is 0 Å². The summed E-state index contributed by atoms with van der Waals surface area (Å²) in [5.41, 5.74) is 3.63. The molecule has 4 rings (SSSR count). The predicted molar refractivity (Wildman–Crippen MR) is 116 cm³/mol. The van der Waals surface area contributed by atoms with Gasteiger partial charge in [-0.05, 0) is 75.0 Å². The van der Waals surface area contributed by atoms with E-state index in [0.717, 1.165) is 51.4 Å². The van der Waals surface area contributed by atoms with Crippen molar-refractivity contribution in [2.75, 3.05) is 0 Å². The molecule has 2 nitrogen and oxygen atoms in total. The maximum Gasteiger partial charge on any atom is 0.136 e. The SMILES string of the molecule is CC1=CCC2C(=O)CCC(C)(C)C2C1.CC1=CCC2C(C1)C(=O)CCC2(C)C. The van der Waals surface area contributed by atoms with Gasteiger partial charge in [-0.3, -0.25) is 9.59 Å². The van der Waals surface area contributed by atoms with Crippen molar-refractivity contribution in [2.45, 2.75) is 92.9 Å². The molecule has 0 aromatic rings. The van der Waals surface area contributed by atoms with Gasteiger partial charge in [0, 0.05) is 24.7 Å². The molecular weight excluding hydrogens is 344 g/mol. The van der Waals surface area contributed by atoms with Gasteiger partial charge in [-0.1, -0.05) is 51.0 Å². The van der Waals surface area contributed by atoms with Crippen LogP contribution in [0.5, 0.6) is 0 Å². The summed E-state index contributed by atoms with van der Waals surface area (Å²) in [5, 5.41) is 0. The lowest BCUT2D eigenvalue weighted by atomic mass is 9.59. The Bertz CT molecular complexity index is 691. The van der Waals surface area contributed by atoms with Gasteiger partial charge < -0.3 is 0 Å². The minimum Gasteiger partial charge on any atom is -0.299 e. The number of carbonyl (C=O) groups excluding carboxylic acids is 2. The van der Waals surface area contributed by atoms with E-state index in [-0.39, 0.29) is 0 Å². The van der Waals surface area contributed by atoms with Gasteiger partial charge in [-0.25, -0.2) is 0 Å². The van der Waals surface area contributed by atoms with Crippen molar-refractivity contribution in [2.24, 2.45) is 34.5 Å². The summed E-state index contributed by atoms with van der Waals surface area (Å²) < 4.78 is 0. The molecule has 0 radical (unpaired) electrons. The second-order valence-electron chi connectivity index (χ2n) is 11.3. The standard InChI is InChI=1S/2C13H20O/c1-9-4-5-11-10(8-9)12(14)6-7-13(11,2)3;1-9-4-5-10-11(8-9)13(2,3)7-6-12(10)14/h2*4,10-11H,5-8H2,1-3H3. The van der Waals surface area contributed by atoms with Crippen LogP contribution in [0.25, 0.3) is 0 Å². The molecule has 28 heavy (non-hydrogen) atoms. The fourth-order valence-electron chi connectivity index (χ4n) is 6.14. The number of hydrogen-bond acceptors (Lipinski definition) is 2. The lowest BCUT2D eigenvalue weighted by molar-refractivity contribution is -0.131. The highest BCUT2D eigenvalue weighted by atomic mass is 16.1. The van der Waals surface area contributed by atoms with Gasteiger partial charge in [0.2, 0.25) is 0 Å². The normalized spacial score (nSPS) is 36.2. The number of rotatable bonds is 0. The Morgan fingerprint density at radius 1 is 0.714 bits per heavy atom. The second kappa shape index (κ2) is 7.92. The van der Waals surface area contributed by atoms with Crippen molar-refractivity contribution in [3.05, 3.63) is 23.3 Å². The Morgan fingerprint density at radius 3 is 1.86 bits per heavy atom. The number of allylic oxidation sites excluding steroid dienone is 4. The molecule has 2 saturated carbocycles. The molecule has 0 aliphatic heterocycles. The summed E-state index contributed by atoms with van der Waals surface area (Å²) in [6, 6.07) is 0. The van der Waals surface area contributed by atoms with Gasteiger partial charge in [-0.15, -0.1) is 0 Å². The van der Waals surface area contributed by atoms with Gasteiger partial charge >= 0.3 is 0 Å². The van der Waals surface area contributed by atoms with E-state index in [1.165, 1.54) is 11.1 Å². The number of Topliss-reactive ketones (excluding diaryl/α,β-unsaturated/α-hetero) is 2. The fraction of sp³-hybridized carbons (Fsp3) is 0.769. The van der Waals surface area contributed by atoms with E-state index in [4.69, 9.17) is 0 Å². The molecule has 0 saturated heterocycles. The summed E-state index contributed by atoms with van der Waals surface area (Å²) in [5.74, 6) is 2.91. The second-order valence-corrected chi connectivity index (χ2v) is 11.3. The van der Waals surface area contributed by atoms with E-state index in [2.05, 4.69) is 53.7 Å². The van der Waals surface area contributed by atoms with Gasteiger partial charge in [0.05, 0.1) is 0 Å². The molecule has 2 fully saturated rings. The summed E-state index contributed by atoms with van der Waals surface area (Å²) in [4.78, 5) is 23.6. The fourth-order valence-corrected chi connectivity index (χ4v) is 6.14. The first kappa shape index (κ1) is 21.5. The van der Waals surface area contributed by atoms with Crippen molar-refractivity contribution < 1.29 is 9.59 Å². The van der Waals surface area contributed by atoms with Gasteiger partial charge in [-0.2, -0.15) is 0 Å². The zero-order valence-electron chi connectivity index (χ0n) is 18.9. The minimum absolute atomic E-state index is 0.336. The highest BCUT2D eigenvalue weighted by molar-refractivity contribution is 5.83. The molecule has 0 heterocycles. The van der Waals surface area contributed by atoms with Crippen LogP contribution in [-0.2, 0) is 9.59 Å². The van der Waals surface area contributed by atoms with Crippen LogP contribution in [0, 0.1) is 34.5 Å². The zero-order valence-corrected chi connectivity index (χ0v) is 18.9. The van der Waals surface area contributed by atoms with E-state index in [0.29, 0.717) is 46.1 Å². The summed E-state index contributed by atoms with van der Waals surface area (Å²) in [6.07, 6.45) is 12.7. The first-order valence-electron chi connectivity index (χ1n) is 11.4. The molecule has 0 spiro atoms. The van der Waals surface area contributed by atoms with Crippen molar-refractivity contribution in [3.8, 4) is 0 Å². The first-order valence-corrected chi connectivity index (χ1v) is 11.4. The number of ketones is 2. The topological polar surface area (TPSA) is 34.1 Å². The highest BCUT2D eigenvalue weighted by Crippen LogP contribution is 2.49. The summed E-state index contributed by atoms with van der Waals surface area (Å²) in [6.45, 7) is 13.7. The molecule has 156 valence electrons. The average Bonchev–Trinajstić information content (AvgIpc) is 2.63. The van der Waals surface area contributed by atoms with E-state index in [1.54, 1.807) is 0 Å². The van der Waals surface area contributed by atoms with Crippen LogP contribution in [0.15, 0.2) is 23.3 Å². The molecule has 4 atom stereocenters. The molecule has 0 amide bonds. The molecule has 0 N–H and O–H groups in total. The largest absolute Gasteiger partial charge is 0.299 e. The molecule has 0 bridgehead atoms. The third-order valence-electron chi connectivity index (χ3n) is 8.36. The van der Waals surface area contributed by atoms with Crippen LogP contribution in [0.4, 0.5) is 0 Å². The van der Waals surface area contributed by atoms with Crippen LogP contribution in [-0.4, -0.2) is 11.6 Å². The molecule has 0 aromatic heterocycles. The highest BCUT2D eigenvalue weighted by Gasteiger charge is 2.44. The van der Waals surface area contributed by atoms with E-state index in [9.17, 15) is 9.59 Å². The van der Waals surface area contributed by atoms with Crippen LogP contribution < -0.4 is 0 Å². The summed E-state index contributed by atoms with van der Waals surface area (Å²) in [7, 11) is 0. The molecule has 4 aliphatic rings. The van der Waals surface area contributed by atoms with Crippen molar-refractivity contribution in [1.29, 1.82) is 0 Å². The number of carbonyl (C=O) groups is 2. The Morgan fingerprint density at radius 2 is 1.21 bits per heavy atom. The van der Waals surface area contributed by atoms with Crippen molar-refractivity contribution in [3.63, 3.8) is 0 Å². The Labute approximate surface area is 172 Å². The zero-order chi connectivity index (χ0) is 20.7. The molecule has 2 heteroatoms. The van der Waals surface area contributed by atoms with Gasteiger partial charge in [0.1, 0.15) is 11.6 Å². The lowest BCUT2D eigenvalue weighted by Crippen LogP contribution is -2.41. The number of fused-ring (bicyclic) bond motifs is 2. The maximum atomic E-state index is 11.8. The minimum atomic E-state index is 0.336. The van der Waals surface area contributed by atoms with Crippen LogP contribution >= 0.6 is 0 Å². The smallest absolute Gasteiger partial charge is 0.136 e. The average molecular weight is 385 g/mol. The van der Waals surface area contributed by atoms with E-state index >= 15 is 0 Å². The monoisotopic (exact) mass is 384 g/mol. The Kier molecular flexibility index (Phi) is 6.09. The first-order chi connectivity index (χ1) is 13.0. The Balaban J connectivity index is 0.000000161. The third-order valence-corrected chi connectivity index (χ3v) is 8.36. The lowest BCUT2D eigenvalue weighted by Gasteiger charge is -2.45. The van der Waals surface area contributed by atoms with Crippen LogP contribution in [0.2, 0.25) is 0 Å². The maximum absolute atomic E-state index is 11.8. The van der Waals surface area contributed by atoms with Crippen LogP contribution in [0.3, 0.4) is 0 Å². The van der Waals surface area contributed by atoms with E-state index < -0.39 is 0 Å². The summed E-state index contributed by atoms with van der Waals surface area (Å²) >= 11 is 0.